The zero-order chi connectivity index (χ0) is 13.1. The van der Waals surface area contributed by atoms with Crippen LogP contribution in [0.4, 0.5) is 0 Å². The molecular formula is C14H28O3. The summed E-state index contributed by atoms with van der Waals surface area (Å²) in [6.07, 6.45) is 10.2. The van der Waals surface area contributed by atoms with Crippen LogP contribution in [0.15, 0.2) is 12.2 Å². The van der Waals surface area contributed by atoms with Gasteiger partial charge in [0.1, 0.15) is 0 Å². The molecule has 0 saturated heterocycles. The molecule has 0 aliphatic rings. The second-order valence-electron chi connectivity index (χ2n) is 4.26. The molecule has 0 saturated carbocycles. The molecule has 0 aromatic heterocycles. The molecular weight excluding hydrogens is 216 g/mol. The second kappa shape index (κ2) is 9.63. The van der Waals surface area contributed by atoms with E-state index in [0.29, 0.717) is 0 Å². The van der Waals surface area contributed by atoms with Crippen molar-refractivity contribution in [2.24, 2.45) is 0 Å². The lowest BCUT2D eigenvalue weighted by atomic mass is 10.1. The van der Waals surface area contributed by atoms with Crippen molar-refractivity contribution >= 4 is 0 Å². The van der Waals surface area contributed by atoms with Gasteiger partial charge in [-0.05, 0) is 19.3 Å². The quantitative estimate of drug-likeness (QED) is 0.331. The summed E-state index contributed by atoms with van der Waals surface area (Å²) in [4.78, 5) is 0. The Kier molecular flexibility index (Phi) is 9.41. The van der Waals surface area contributed by atoms with Gasteiger partial charge in [0.05, 0.1) is 6.10 Å². The standard InChI is InChI=1S/C14H28O3/c1-6-8-9-10-11-12-13(7-2)17-14(3,15-4)16-5/h11-13H,6-10H2,1-5H3/b12-11+. The Labute approximate surface area is 106 Å². The largest absolute Gasteiger partial charge is 0.331 e. The molecule has 0 fully saturated rings. The number of hydrogen-bond acceptors (Lipinski definition) is 3. The molecule has 0 radical (unpaired) electrons. The summed E-state index contributed by atoms with van der Waals surface area (Å²) < 4.78 is 16.1. The summed E-state index contributed by atoms with van der Waals surface area (Å²) in [5.41, 5.74) is 0. The topological polar surface area (TPSA) is 27.7 Å². The third-order valence-electron chi connectivity index (χ3n) is 2.83. The van der Waals surface area contributed by atoms with E-state index in [1.54, 1.807) is 21.1 Å². The van der Waals surface area contributed by atoms with Crippen LogP contribution in [0.2, 0.25) is 0 Å². The highest BCUT2D eigenvalue weighted by Gasteiger charge is 2.26. The summed E-state index contributed by atoms with van der Waals surface area (Å²) in [5, 5.41) is 0. The Morgan fingerprint density at radius 3 is 2.24 bits per heavy atom. The zero-order valence-electron chi connectivity index (χ0n) is 12.0. The lowest BCUT2D eigenvalue weighted by Gasteiger charge is -2.29. The van der Waals surface area contributed by atoms with E-state index >= 15 is 0 Å². The minimum atomic E-state index is -0.950. The monoisotopic (exact) mass is 244 g/mol. The van der Waals surface area contributed by atoms with Crippen molar-refractivity contribution in [1.82, 2.24) is 0 Å². The normalized spacial score (nSPS) is 14.4. The fraction of sp³-hybridized carbons (Fsp3) is 0.857. The van der Waals surface area contributed by atoms with Crippen LogP contribution in [-0.2, 0) is 14.2 Å². The molecule has 3 heteroatoms. The summed E-state index contributed by atoms with van der Waals surface area (Å²) in [6.45, 7) is 6.08. The zero-order valence-corrected chi connectivity index (χ0v) is 12.0. The lowest BCUT2D eigenvalue weighted by Crippen LogP contribution is -2.36. The van der Waals surface area contributed by atoms with E-state index in [-0.39, 0.29) is 6.10 Å². The Morgan fingerprint density at radius 1 is 1.12 bits per heavy atom. The van der Waals surface area contributed by atoms with Gasteiger partial charge in [-0.1, -0.05) is 38.8 Å². The first-order valence-electron chi connectivity index (χ1n) is 6.56. The maximum Gasteiger partial charge on any atom is 0.279 e. The van der Waals surface area contributed by atoms with Gasteiger partial charge < -0.3 is 14.2 Å². The summed E-state index contributed by atoms with van der Waals surface area (Å²) in [5.74, 6) is -0.950. The Balaban J connectivity index is 4.06. The number of allylic oxidation sites excluding steroid dienone is 1. The maximum atomic E-state index is 5.76. The Morgan fingerprint density at radius 2 is 1.76 bits per heavy atom. The smallest absolute Gasteiger partial charge is 0.279 e. The molecule has 1 atom stereocenters. The molecule has 17 heavy (non-hydrogen) atoms. The predicted molar refractivity (Wildman–Crippen MR) is 70.9 cm³/mol. The van der Waals surface area contributed by atoms with E-state index in [4.69, 9.17) is 14.2 Å². The first-order valence-corrected chi connectivity index (χ1v) is 6.56. The number of hydrogen-bond donors (Lipinski definition) is 0. The molecule has 0 aromatic rings. The van der Waals surface area contributed by atoms with Gasteiger partial charge in [-0.15, -0.1) is 0 Å². The minimum Gasteiger partial charge on any atom is -0.331 e. The van der Waals surface area contributed by atoms with Crippen molar-refractivity contribution in [3.8, 4) is 0 Å². The molecule has 0 heterocycles. The van der Waals surface area contributed by atoms with Crippen molar-refractivity contribution in [3.63, 3.8) is 0 Å². The molecule has 0 spiro atoms. The fourth-order valence-electron chi connectivity index (χ4n) is 1.47. The van der Waals surface area contributed by atoms with Crippen LogP contribution >= 0.6 is 0 Å². The van der Waals surface area contributed by atoms with E-state index in [2.05, 4.69) is 26.0 Å². The molecule has 1 unspecified atom stereocenters. The fourth-order valence-corrected chi connectivity index (χ4v) is 1.47. The van der Waals surface area contributed by atoms with Crippen molar-refractivity contribution in [2.75, 3.05) is 14.2 Å². The summed E-state index contributed by atoms with van der Waals surface area (Å²) in [6, 6.07) is 0. The van der Waals surface area contributed by atoms with Gasteiger partial charge in [-0.25, -0.2) is 0 Å². The first kappa shape index (κ1) is 16.6. The van der Waals surface area contributed by atoms with Gasteiger partial charge in [0.25, 0.3) is 5.97 Å². The average Bonchev–Trinajstić information content (AvgIpc) is 2.37. The van der Waals surface area contributed by atoms with E-state index in [0.717, 1.165) is 12.8 Å². The van der Waals surface area contributed by atoms with Crippen LogP contribution in [-0.4, -0.2) is 26.3 Å². The van der Waals surface area contributed by atoms with Gasteiger partial charge in [0, 0.05) is 21.1 Å². The highest BCUT2D eigenvalue weighted by atomic mass is 16.9. The maximum absolute atomic E-state index is 5.76. The number of rotatable bonds is 10. The van der Waals surface area contributed by atoms with E-state index in [1.165, 1.54) is 19.3 Å². The highest BCUT2D eigenvalue weighted by Crippen LogP contribution is 2.17. The highest BCUT2D eigenvalue weighted by molar-refractivity contribution is 4.89. The Hall–Kier alpha value is -0.380. The number of methoxy groups -OCH3 is 2. The van der Waals surface area contributed by atoms with E-state index in [9.17, 15) is 0 Å². The molecule has 0 amide bonds. The van der Waals surface area contributed by atoms with Crippen LogP contribution in [0.5, 0.6) is 0 Å². The number of unbranched alkanes of at least 4 members (excludes halogenated alkanes) is 3. The van der Waals surface area contributed by atoms with Crippen LogP contribution in [0.3, 0.4) is 0 Å². The van der Waals surface area contributed by atoms with Crippen molar-refractivity contribution in [1.29, 1.82) is 0 Å². The minimum absolute atomic E-state index is 0.0431. The van der Waals surface area contributed by atoms with Crippen molar-refractivity contribution in [3.05, 3.63) is 12.2 Å². The average molecular weight is 244 g/mol. The summed E-state index contributed by atoms with van der Waals surface area (Å²) >= 11 is 0. The van der Waals surface area contributed by atoms with Gasteiger partial charge in [-0.3, -0.25) is 0 Å². The van der Waals surface area contributed by atoms with Gasteiger partial charge in [0.2, 0.25) is 0 Å². The van der Waals surface area contributed by atoms with E-state index < -0.39 is 5.97 Å². The van der Waals surface area contributed by atoms with Gasteiger partial charge >= 0.3 is 0 Å². The van der Waals surface area contributed by atoms with Crippen LogP contribution in [0, 0.1) is 0 Å². The first-order chi connectivity index (χ1) is 8.11. The SMILES string of the molecule is CCCCC/C=C/C(CC)OC(C)(OC)OC. The molecule has 3 nitrogen and oxygen atoms in total. The Bertz CT molecular complexity index is 198. The molecule has 0 aliphatic carbocycles. The van der Waals surface area contributed by atoms with Crippen LogP contribution in [0.1, 0.15) is 52.9 Å². The lowest BCUT2D eigenvalue weighted by molar-refractivity contribution is -0.360. The van der Waals surface area contributed by atoms with Crippen molar-refractivity contribution < 1.29 is 14.2 Å². The molecule has 0 N–H and O–H groups in total. The van der Waals surface area contributed by atoms with Crippen molar-refractivity contribution in [2.45, 2.75) is 65.0 Å². The molecule has 0 aliphatic heterocycles. The third kappa shape index (κ3) is 7.53. The molecule has 0 rings (SSSR count). The van der Waals surface area contributed by atoms with Crippen LogP contribution < -0.4 is 0 Å². The third-order valence-corrected chi connectivity index (χ3v) is 2.83. The number of ether oxygens (including phenoxy) is 3. The predicted octanol–water partition coefficient (Wildman–Crippen LogP) is 3.88. The van der Waals surface area contributed by atoms with Gasteiger partial charge in [0.15, 0.2) is 0 Å². The molecule has 0 aromatic carbocycles. The van der Waals surface area contributed by atoms with Gasteiger partial charge in [-0.2, -0.15) is 0 Å². The van der Waals surface area contributed by atoms with Crippen LogP contribution in [0.25, 0.3) is 0 Å². The summed E-state index contributed by atoms with van der Waals surface area (Å²) in [7, 11) is 3.17. The molecule has 0 bridgehead atoms. The van der Waals surface area contributed by atoms with E-state index in [1.807, 2.05) is 0 Å². The molecule has 102 valence electrons. The second-order valence-corrected chi connectivity index (χ2v) is 4.26.